The van der Waals surface area contributed by atoms with Crippen LogP contribution in [-0.2, 0) is 13.7 Å². The molecule has 0 radical (unpaired) electrons. The second-order valence-corrected chi connectivity index (χ2v) is 19.0. The molecule has 0 rings (SSSR count). The first-order chi connectivity index (χ1) is 19.6. The summed E-state index contributed by atoms with van der Waals surface area (Å²) >= 11 is 0. The van der Waals surface area contributed by atoms with E-state index in [0.717, 1.165) is 25.7 Å². The summed E-state index contributed by atoms with van der Waals surface area (Å²) in [7, 11) is -17.2. The van der Waals surface area contributed by atoms with Crippen molar-refractivity contribution < 1.29 is 38.2 Å². The SMILES string of the molecule is CC(C)=CCC/C(C)=C/CC/C(C)=C/CC(C/C=C(\C)CC/C=C(\C)CCC=C(C)C)(P(=O)([O-])[O-])P(=O)([O-])CP(=O)([O-])[O-]. The Morgan fingerprint density at radius 3 is 1.09 bits per heavy atom. The van der Waals surface area contributed by atoms with Gasteiger partial charge in [-0.1, -0.05) is 85.1 Å². The summed E-state index contributed by atoms with van der Waals surface area (Å²) in [5, 5.41) is 0. The Balaban J connectivity index is 5.99. The van der Waals surface area contributed by atoms with E-state index >= 15 is 0 Å². The Bertz CT molecular complexity index is 1160. The molecule has 0 N–H and O–H groups in total. The summed E-state index contributed by atoms with van der Waals surface area (Å²) in [6.07, 6.45) is 15.6. The maximum atomic E-state index is 13.2. The molecule has 0 heterocycles. The summed E-state index contributed by atoms with van der Waals surface area (Å²) in [5.41, 5.74) is 6.18. The van der Waals surface area contributed by atoms with Gasteiger partial charge in [0.1, 0.15) is 0 Å². The van der Waals surface area contributed by atoms with E-state index in [1.54, 1.807) is 13.8 Å². The van der Waals surface area contributed by atoms with Gasteiger partial charge >= 0.3 is 0 Å². The lowest BCUT2D eigenvalue weighted by Crippen LogP contribution is -2.43. The van der Waals surface area contributed by atoms with Crippen molar-refractivity contribution in [2.24, 2.45) is 0 Å². The first-order valence-corrected chi connectivity index (χ1v) is 19.9. The number of hydrogen-bond acceptors (Lipinski definition) is 8. The number of hydrogen-bond donors (Lipinski definition) is 0. The van der Waals surface area contributed by atoms with Crippen molar-refractivity contribution in [3.05, 3.63) is 69.9 Å². The smallest absolute Gasteiger partial charge is 0.0459 e. The van der Waals surface area contributed by atoms with Crippen molar-refractivity contribution in [3.8, 4) is 0 Å². The van der Waals surface area contributed by atoms with Crippen LogP contribution in [0.1, 0.15) is 120 Å². The number of rotatable bonds is 20. The van der Waals surface area contributed by atoms with Gasteiger partial charge in [0, 0.05) is 18.2 Å². The third-order valence-electron chi connectivity index (χ3n) is 7.30. The van der Waals surface area contributed by atoms with Gasteiger partial charge in [-0.15, -0.1) is 0 Å². The molecule has 0 aromatic carbocycles. The van der Waals surface area contributed by atoms with Crippen LogP contribution < -0.4 is 24.5 Å². The fourth-order valence-electron chi connectivity index (χ4n) is 4.48. The van der Waals surface area contributed by atoms with Crippen LogP contribution >= 0.6 is 22.6 Å². The largest absolute Gasteiger partial charge is 0.810 e. The standard InChI is InChI=1S/C32H57O8P3/c1-26(2)13-9-15-28(5)17-11-19-30(7)21-23-32(43(38,39)40,41(33,34)25-42(35,36)37)24-22-31(8)20-12-18-29(6)16-10-14-27(3)4/h13-14,17-18,21-22H,9-12,15-16,19-20,23-25H2,1-8H3,(H,33,34)(H2,35,36,37)(H2,38,39,40)/p-5/b28-17+,29-18+,30-21+,31-22+. The molecule has 0 spiro atoms. The Hall–Kier alpha value is -1.07. The number of allylic oxidation sites excluding steroid dienone is 12. The van der Waals surface area contributed by atoms with E-state index in [0.29, 0.717) is 36.8 Å². The first kappa shape index (κ1) is 41.9. The van der Waals surface area contributed by atoms with E-state index in [1.807, 2.05) is 41.5 Å². The van der Waals surface area contributed by atoms with Crippen molar-refractivity contribution in [3.63, 3.8) is 0 Å². The fraction of sp³-hybridized carbons (Fsp3) is 0.625. The average Bonchev–Trinajstić information content (AvgIpc) is 2.81. The molecule has 43 heavy (non-hydrogen) atoms. The summed E-state index contributed by atoms with van der Waals surface area (Å²) < 4.78 is 37.4. The molecular formula is C32H52O8P3-5. The molecule has 248 valence electrons. The van der Waals surface area contributed by atoms with Crippen LogP contribution in [0.3, 0.4) is 0 Å². The van der Waals surface area contributed by atoms with E-state index in [9.17, 15) is 38.2 Å². The zero-order valence-corrected chi connectivity index (χ0v) is 30.0. The predicted octanol–water partition coefficient (Wildman–Crippen LogP) is 6.72. The van der Waals surface area contributed by atoms with Gasteiger partial charge in [-0.05, 0) is 120 Å². The zero-order chi connectivity index (χ0) is 33.5. The molecule has 11 heteroatoms. The lowest BCUT2D eigenvalue weighted by atomic mass is 10.0. The third kappa shape index (κ3) is 17.9. The molecule has 0 aliphatic rings. The maximum Gasteiger partial charge on any atom is 0.0459 e. The topological polar surface area (TPSA) is 167 Å². The molecule has 0 aromatic heterocycles. The molecule has 0 amide bonds. The highest BCUT2D eigenvalue weighted by Gasteiger charge is 2.42. The molecule has 0 saturated heterocycles. The van der Waals surface area contributed by atoms with Gasteiger partial charge < -0.3 is 38.2 Å². The first-order valence-electron chi connectivity index (χ1n) is 14.8. The molecule has 0 bridgehead atoms. The molecular weight excluding hydrogens is 605 g/mol. The molecule has 0 saturated carbocycles. The van der Waals surface area contributed by atoms with E-state index in [-0.39, 0.29) is 0 Å². The summed E-state index contributed by atoms with van der Waals surface area (Å²) in [4.78, 5) is 58.5. The third-order valence-corrected chi connectivity index (χ3v) is 14.8. The van der Waals surface area contributed by atoms with Crippen LogP contribution in [0.5, 0.6) is 0 Å². The molecule has 0 aliphatic carbocycles. The summed E-state index contributed by atoms with van der Waals surface area (Å²) in [6.45, 7) is 15.6. The predicted molar refractivity (Wildman–Crippen MR) is 170 cm³/mol. The monoisotopic (exact) mass is 657 g/mol. The van der Waals surface area contributed by atoms with E-state index in [1.165, 1.54) is 34.4 Å². The van der Waals surface area contributed by atoms with E-state index < -0.39 is 46.2 Å². The van der Waals surface area contributed by atoms with Gasteiger partial charge in [-0.25, -0.2) is 0 Å². The van der Waals surface area contributed by atoms with Gasteiger partial charge in [-0.2, -0.15) is 0 Å². The van der Waals surface area contributed by atoms with Crippen LogP contribution in [0, 0.1) is 0 Å². The van der Waals surface area contributed by atoms with Crippen molar-refractivity contribution >= 4 is 22.6 Å². The quantitative estimate of drug-likeness (QED) is 0.103. The Kier molecular flexibility index (Phi) is 19.0. The highest BCUT2D eigenvalue weighted by atomic mass is 31.3. The van der Waals surface area contributed by atoms with Crippen molar-refractivity contribution in [2.75, 3.05) is 5.90 Å². The van der Waals surface area contributed by atoms with Crippen LogP contribution in [0.4, 0.5) is 0 Å². The lowest BCUT2D eigenvalue weighted by Gasteiger charge is -2.57. The van der Waals surface area contributed by atoms with Gasteiger partial charge in [-0.3, -0.25) is 0 Å². The van der Waals surface area contributed by atoms with E-state index in [4.69, 9.17) is 0 Å². The summed E-state index contributed by atoms with van der Waals surface area (Å²) in [6, 6.07) is 0. The Morgan fingerprint density at radius 2 is 0.814 bits per heavy atom. The molecule has 1 unspecified atom stereocenters. The zero-order valence-electron chi connectivity index (χ0n) is 27.3. The van der Waals surface area contributed by atoms with Gasteiger partial charge in [0.25, 0.3) is 0 Å². The highest BCUT2D eigenvalue weighted by molar-refractivity contribution is 7.79. The van der Waals surface area contributed by atoms with Crippen molar-refractivity contribution in [1.29, 1.82) is 0 Å². The van der Waals surface area contributed by atoms with Crippen LogP contribution in [0.25, 0.3) is 0 Å². The van der Waals surface area contributed by atoms with Crippen LogP contribution in [-0.4, -0.2) is 10.8 Å². The fourth-order valence-corrected chi connectivity index (χ4v) is 10.8. The van der Waals surface area contributed by atoms with Crippen LogP contribution in [0.15, 0.2) is 69.9 Å². The highest BCUT2D eigenvalue weighted by Crippen LogP contribution is 2.71. The molecule has 0 fully saturated rings. The normalized spacial score (nSPS) is 16.9. The minimum absolute atomic E-state index is 0.497. The van der Waals surface area contributed by atoms with Crippen LogP contribution in [0.2, 0.25) is 0 Å². The molecule has 0 aliphatic heterocycles. The van der Waals surface area contributed by atoms with Crippen molar-refractivity contribution in [2.45, 2.75) is 124 Å². The van der Waals surface area contributed by atoms with Gasteiger partial charge in [0.05, 0.1) is 0 Å². The Labute approximate surface area is 260 Å². The molecule has 8 nitrogen and oxygen atoms in total. The van der Waals surface area contributed by atoms with Gasteiger partial charge in [0.2, 0.25) is 0 Å². The second-order valence-electron chi connectivity index (χ2n) is 12.2. The maximum absolute atomic E-state index is 13.2. The Morgan fingerprint density at radius 1 is 0.512 bits per heavy atom. The average molecular weight is 658 g/mol. The second kappa shape index (κ2) is 19.4. The molecule has 1 atom stereocenters. The van der Waals surface area contributed by atoms with E-state index in [2.05, 4.69) is 24.3 Å². The summed E-state index contributed by atoms with van der Waals surface area (Å²) in [5.74, 6) is -1.91. The van der Waals surface area contributed by atoms with Crippen molar-refractivity contribution in [1.82, 2.24) is 0 Å². The van der Waals surface area contributed by atoms with Gasteiger partial charge in [0.15, 0.2) is 0 Å². The minimum atomic E-state index is -5.95. The molecule has 0 aromatic rings. The lowest BCUT2D eigenvalue weighted by molar-refractivity contribution is -0.319. The minimum Gasteiger partial charge on any atom is -0.810 e.